The molecule has 0 unspecified atom stereocenters. The zero-order valence-corrected chi connectivity index (χ0v) is 13.3. The van der Waals surface area contributed by atoms with Crippen LogP contribution in [-0.2, 0) is 0 Å². The summed E-state index contributed by atoms with van der Waals surface area (Å²) in [4.78, 5) is 10.9. The highest BCUT2D eigenvalue weighted by Gasteiger charge is 2.16. The third kappa shape index (κ3) is 3.43. The van der Waals surface area contributed by atoms with Crippen LogP contribution in [0.3, 0.4) is 0 Å². The Balaban J connectivity index is 1.85. The topological polar surface area (TPSA) is 31.2 Å². The lowest BCUT2D eigenvalue weighted by molar-refractivity contribution is 0.111. The molecule has 0 fully saturated rings. The number of rotatable bonds is 3. The Hall–Kier alpha value is -3.39. The van der Waals surface area contributed by atoms with Gasteiger partial charge in [-0.2, -0.15) is 0 Å². The Morgan fingerprint density at radius 1 is 0.960 bits per heavy atom. The zero-order chi connectivity index (χ0) is 17.8. The summed E-state index contributed by atoms with van der Waals surface area (Å²) in [6, 6.07) is 14.1. The van der Waals surface area contributed by atoms with Crippen LogP contribution in [0.5, 0.6) is 5.75 Å². The highest BCUT2D eigenvalue weighted by Crippen LogP contribution is 2.18. The molecular weight excluding hydrogens is 324 g/mol. The third-order valence-corrected chi connectivity index (χ3v) is 3.63. The number of carbonyl (C=O) groups is 1. The number of hydrogen-bond acceptors (Lipinski definition) is 2. The SMILES string of the molecule is COc1ccc(C#Cc2ccc(-n3cc(F)c(F)c3C=O)cc2)cc1. The normalized spacial score (nSPS) is 10.0. The number of benzene rings is 2. The Morgan fingerprint density at radius 2 is 1.52 bits per heavy atom. The van der Waals surface area contributed by atoms with Gasteiger partial charge in [-0.05, 0) is 48.5 Å². The quantitative estimate of drug-likeness (QED) is 0.535. The van der Waals surface area contributed by atoms with Crippen LogP contribution in [0, 0.1) is 23.5 Å². The lowest BCUT2D eigenvalue weighted by atomic mass is 10.1. The van der Waals surface area contributed by atoms with Crippen LogP contribution in [0.2, 0.25) is 0 Å². The predicted molar refractivity (Wildman–Crippen MR) is 90.0 cm³/mol. The maximum absolute atomic E-state index is 13.5. The predicted octanol–water partition coefficient (Wildman–Crippen LogP) is 3.98. The first kappa shape index (κ1) is 16.5. The summed E-state index contributed by atoms with van der Waals surface area (Å²) in [5.74, 6) is 4.56. The molecule has 25 heavy (non-hydrogen) atoms. The number of ether oxygens (including phenoxy) is 1. The lowest BCUT2D eigenvalue weighted by Crippen LogP contribution is -1.99. The summed E-state index contributed by atoms with van der Waals surface area (Å²) in [6.45, 7) is 0. The van der Waals surface area contributed by atoms with Crippen LogP contribution < -0.4 is 4.74 Å². The molecule has 0 N–H and O–H groups in total. The molecule has 0 aliphatic heterocycles. The third-order valence-electron chi connectivity index (χ3n) is 3.63. The van der Waals surface area contributed by atoms with Gasteiger partial charge in [0.15, 0.2) is 17.9 Å². The molecule has 0 aliphatic carbocycles. The first-order valence-electron chi connectivity index (χ1n) is 7.40. The smallest absolute Gasteiger partial charge is 0.187 e. The number of aldehydes is 1. The number of carbonyl (C=O) groups excluding carboxylic acids is 1. The average Bonchev–Trinajstić information content (AvgIpc) is 2.95. The minimum absolute atomic E-state index is 0.288. The van der Waals surface area contributed by atoms with Crippen molar-refractivity contribution in [3.8, 4) is 23.3 Å². The van der Waals surface area contributed by atoms with Gasteiger partial charge in [-0.25, -0.2) is 8.78 Å². The van der Waals surface area contributed by atoms with E-state index in [4.69, 9.17) is 4.74 Å². The Morgan fingerprint density at radius 3 is 2.04 bits per heavy atom. The Labute approximate surface area is 143 Å². The fourth-order valence-electron chi connectivity index (χ4n) is 2.31. The average molecular weight is 337 g/mol. The van der Waals surface area contributed by atoms with Crippen molar-refractivity contribution in [3.63, 3.8) is 0 Å². The van der Waals surface area contributed by atoms with Crippen LogP contribution in [0.15, 0.2) is 54.7 Å². The van der Waals surface area contributed by atoms with E-state index in [1.807, 2.05) is 24.3 Å². The van der Waals surface area contributed by atoms with Gasteiger partial charge in [0.1, 0.15) is 11.4 Å². The number of nitrogens with zero attached hydrogens (tertiary/aromatic N) is 1. The van der Waals surface area contributed by atoms with E-state index in [-0.39, 0.29) is 12.0 Å². The first-order valence-corrected chi connectivity index (χ1v) is 7.40. The van der Waals surface area contributed by atoms with Gasteiger partial charge < -0.3 is 9.30 Å². The van der Waals surface area contributed by atoms with Crippen LogP contribution in [-0.4, -0.2) is 18.0 Å². The van der Waals surface area contributed by atoms with Gasteiger partial charge >= 0.3 is 0 Å². The molecule has 124 valence electrons. The molecule has 1 heterocycles. The second kappa shape index (κ2) is 7.02. The standard InChI is InChI=1S/C20H13F2NO2/c1-25-17-10-6-15(7-11-17)3-2-14-4-8-16(9-5-14)23-12-18(21)20(22)19(23)13-24/h4-13H,1H3. The van der Waals surface area contributed by atoms with Crippen LogP contribution in [0.4, 0.5) is 8.78 Å². The summed E-state index contributed by atoms with van der Waals surface area (Å²) < 4.78 is 33.1. The molecule has 3 rings (SSSR count). The molecule has 0 saturated carbocycles. The van der Waals surface area contributed by atoms with Gasteiger partial charge in [0, 0.05) is 23.0 Å². The van der Waals surface area contributed by atoms with Crippen LogP contribution in [0.1, 0.15) is 21.6 Å². The van der Waals surface area contributed by atoms with Gasteiger partial charge in [0.2, 0.25) is 0 Å². The molecule has 0 saturated heterocycles. The van der Waals surface area contributed by atoms with Gasteiger partial charge in [-0.1, -0.05) is 11.8 Å². The molecular formula is C20H13F2NO2. The van der Waals surface area contributed by atoms with E-state index in [9.17, 15) is 13.6 Å². The van der Waals surface area contributed by atoms with Crippen molar-refractivity contribution in [2.45, 2.75) is 0 Å². The van der Waals surface area contributed by atoms with E-state index in [0.29, 0.717) is 5.69 Å². The first-order chi connectivity index (χ1) is 12.1. The van der Waals surface area contributed by atoms with E-state index in [2.05, 4.69) is 11.8 Å². The summed E-state index contributed by atoms with van der Waals surface area (Å²) in [5, 5.41) is 0. The van der Waals surface area contributed by atoms with E-state index in [0.717, 1.165) is 23.1 Å². The van der Waals surface area contributed by atoms with Crippen molar-refractivity contribution in [1.29, 1.82) is 0 Å². The molecule has 0 amide bonds. The van der Waals surface area contributed by atoms with E-state index in [1.54, 1.807) is 31.4 Å². The van der Waals surface area contributed by atoms with E-state index >= 15 is 0 Å². The summed E-state index contributed by atoms with van der Waals surface area (Å²) in [6.07, 6.45) is 1.23. The molecule has 5 heteroatoms. The molecule has 1 aromatic heterocycles. The van der Waals surface area contributed by atoms with Crippen molar-refractivity contribution in [3.05, 3.63) is 83.2 Å². The van der Waals surface area contributed by atoms with E-state index in [1.165, 1.54) is 4.57 Å². The van der Waals surface area contributed by atoms with Crippen molar-refractivity contribution < 1.29 is 18.3 Å². The Bertz CT molecular complexity index is 962. The van der Waals surface area contributed by atoms with Gasteiger partial charge in [-0.15, -0.1) is 0 Å². The van der Waals surface area contributed by atoms with Crippen LogP contribution >= 0.6 is 0 Å². The lowest BCUT2D eigenvalue weighted by Gasteiger charge is -2.04. The second-order valence-electron chi connectivity index (χ2n) is 5.19. The maximum Gasteiger partial charge on any atom is 0.187 e. The van der Waals surface area contributed by atoms with E-state index < -0.39 is 11.6 Å². The summed E-state index contributed by atoms with van der Waals surface area (Å²) in [7, 11) is 1.60. The van der Waals surface area contributed by atoms with Crippen molar-refractivity contribution in [2.75, 3.05) is 7.11 Å². The molecule has 0 bridgehead atoms. The minimum Gasteiger partial charge on any atom is -0.497 e. The number of halogens is 2. The molecule has 3 aromatic rings. The highest BCUT2D eigenvalue weighted by molar-refractivity contribution is 5.74. The second-order valence-corrected chi connectivity index (χ2v) is 5.19. The molecule has 3 nitrogen and oxygen atoms in total. The number of methoxy groups -OCH3 is 1. The molecule has 0 atom stereocenters. The van der Waals surface area contributed by atoms with Crippen LogP contribution in [0.25, 0.3) is 5.69 Å². The monoisotopic (exact) mass is 337 g/mol. The summed E-state index contributed by atoms with van der Waals surface area (Å²) in [5.41, 5.74) is 1.69. The fraction of sp³-hybridized carbons (Fsp3) is 0.0500. The molecule has 0 radical (unpaired) electrons. The van der Waals surface area contributed by atoms with Crippen molar-refractivity contribution in [2.24, 2.45) is 0 Å². The zero-order valence-electron chi connectivity index (χ0n) is 13.3. The number of hydrogen-bond donors (Lipinski definition) is 0. The van der Waals surface area contributed by atoms with Gasteiger partial charge in [0.05, 0.1) is 7.11 Å². The fourth-order valence-corrected chi connectivity index (χ4v) is 2.31. The van der Waals surface area contributed by atoms with Crippen molar-refractivity contribution in [1.82, 2.24) is 4.57 Å². The van der Waals surface area contributed by atoms with Crippen molar-refractivity contribution >= 4 is 6.29 Å². The summed E-state index contributed by atoms with van der Waals surface area (Å²) >= 11 is 0. The Kier molecular flexibility index (Phi) is 4.62. The van der Waals surface area contributed by atoms with Gasteiger partial charge in [0.25, 0.3) is 0 Å². The minimum atomic E-state index is -1.15. The maximum atomic E-state index is 13.5. The molecule has 0 spiro atoms. The molecule has 2 aromatic carbocycles. The molecule has 0 aliphatic rings. The highest BCUT2D eigenvalue weighted by atomic mass is 19.2. The number of aromatic nitrogens is 1. The largest absolute Gasteiger partial charge is 0.497 e. The van der Waals surface area contributed by atoms with Gasteiger partial charge in [-0.3, -0.25) is 4.79 Å².